The van der Waals surface area contributed by atoms with E-state index in [1.54, 1.807) is 0 Å². The third kappa shape index (κ3) is 4.66. The van der Waals surface area contributed by atoms with E-state index in [0.29, 0.717) is 0 Å². The van der Waals surface area contributed by atoms with Crippen molar-refractivity contribution in [3.05, 3.63) is 35.9 Å². The second kappa shape index (κ2) is 5.34. The van der Waals surface area contributed by atoms with Crippen LogP contribution in [0.3, 0.4) is 0 Å². The first-order valence-corrected chi connectivity index (χ1v) is 5.98. The van der Waals surface area contributed by atoms with Gasteiger partial charge in [0.1, 0.15) is 10.6 Å². The Hall–Kier alpha value is -1.03. The Morgan fingerprint density at radius 1 is 1.31 bits per heavy atom. The zero-order chi connectivity index (χ0) is 12.2. The predicted molar refractivity (Wildman–Crippen MR) is 67.5 cm³/mol. The number of halogens is 1. The maximum atomic E-state index is 11.5. The van der Waals surface area contributed by atoms with Crippen LogP contribution in [0.1, 0.15) is 31.3 Å². The molecule has 0 spiro atoms. The van der Waals surface area contributed by atoms with Crippen LogP contribution in [0.25, 0.3) is 0 Å². The van der Waals surface area contributed by atoms with Gasteiger partial charge in [-0.05, 0) is 26.3 Å². The molecule has 1 aromatic rings. The maximum absolute atomic E-state index is 11.5. The highest BCUT2D eigenvalue weighted by Crippen LogP contribution is 2.19. The highest BCUT2D eigenvalue weighted by Gasteiger charge is 2.18. The molecule has 0 aliphatic carbocycles. The number of alkyl carbamates (subject to hydrolysis) is 1. The third-order valence-electron chi connectivity index (χ3n) is 1.74. The average Bonchev–Trinajstić information content (AvgIpc) is 2.16. The molecule has 1 N–H and O–H groups in total. The van der Waals surface area contributed by atoms with Gasteiger partial charge in [-0.25, -0.2) is 4.79 Å². The monoisotopic (exact) mass is 285 g/mol. The van der Waals surface area contributed by atoms with Gasteiger partial charge < -0.3 is 10.1 Å². The van der Waals surface area contributed by atoms with Crippen molar-refractivity contribution in [1.29, 1.82) is 0 Å². The molecule has 0 saturated carbocycles. The van der Waals surface area contributed by atoms with Gasteiger partial charge >= 0.3 is 6.09 Å². The number of nitrogens with one attached hydrogen (secondary N) is 1. The number of hydrogen-bond donors (Lipinski definition) is 1. The quantitative estimate of drug-likeness (QED) is 0.666. The van der Waals surface area contributed by atoms with Gasteiger partial charge in [0.15, 0.2) is 0 Å². The third-order valence-corrected chi connectivity index (χ3v) is 2.49. The van der Waals surface area contributed by atoms with Crippen molar-refractivity contribution >= 4 is 22.0 Å². The molecule has 1 aromatic carbocycles. The van der Waals surface area contributed by atoms with Crippen molar-refractivity contribution in [2.75, 3.05) is 0 Å². The molecule has 1 amide bonds. The zero-order valence-corrected chi connectivity index (χ0v) is 11.2. The van der Waals surface area contributed by atoms with Crippen LogP contribution >= 0.6 is 15.9 Å². The fraction of sp³-hybridized carbons (Fsp3) is 0.417. The fourth-order valence-electron chi connectivity index (χ4n) is 1.12. The van der Waals surface area contributed by atoms with Crippen molar-refractivity contribution in [1.82, 2.24) is 5.32 Å². The Kier molecular flexibility index (Phi) is 4.35. The molecule has 0 heterocycles. The molecular formula is C12H16BrNO2. The highest BCUT2D eigenvalue weighted by atomic mass is 79.9. The van der Waals surface area contributed by atoms with E-state index in [1.165, 1.54) is 0 Å². The van der Waals surface area contributed by atoms with E-state index in [2.05, 4.69) is 21.2 Å². The fourth-order valence-corrected chi connectivity index (χ4v) is 1.61. The van der Waals surface area contributed by atoms with Crippen molar-refractivity contribution in [2.24, 2.45) is 0 Å². The molecule has 4 heteroatoms. The van der Waals surface area contributed by atoms with E-state index in [-0.39, 0.29) is 4.95 Å². The van der Waals surface area contributed by atoms with E-state index >= 15 is 0 Å². The SMILES string of the molecule is CC(C)(C)OC(=O)NC(Br)c1ccccc1. The highest BCUT2D eigenvalue weighted by molar-refractivity contribution is 9.09. The van der Waals surface area contributed by atoms with Gasteiger partial charge in [0.2, 0.25) is 0 Å². The summed E-state index contributed by atoms with van der Waals surface area (Å²) in [6.07, 6.45) is -0.432. The summed E-state index contributed by atoms with van der Waals surface area (Å²) in [5, 5.41) is 2.71. The number of rotatable bonds is 2. The molecule has 1 unspecified atom stereocenters. The number of amides is 1. The number of carbonyl (C=O) groups is 1. The van der Waals surface area contributed by atoms with Crippen LogP contribution in [0.4, 0.5) is 4.79 Å². The van der Waals surface area contributed by atoms with Crippen LogP contribution in [0.15, 0.2) is 30.3 Å². The Morgan fingerprint density at radius 3 is 2.38 bits per heavy atom. The summed E-state index contributed by atoms with van der Waals surface area (Å²) >= 11 is 3.38. The smallest absolute Gasteiger partial charge is 0.408 e. The lowest BCUT2D eigenvalue weighted by atomic mass is 10.2. The normalized spacial score (nSPS) is 13.0. The molecule has 0 saturated heterocycles. The van der Waals surface area contributed by atoms with Gasteiger partial charge in [0.05, 0.1) is 0 Å². The molecule has 0 radical (unpaired) electrons. The lowest BCUT2D eigenvalue weighted by Crippen LogP contribution is -2.33. The van der Waals surface area contributed by atoms with Gasteiger partial charge in [-0.2, -0.15) is 0 Å². The molecule has 3 nitrogen and oxygen atoms in total. The minimum absolute atomic E-state index is 0.233. The Morgan fingerprint density at radius 2 is 1.88 bits per heavy atom. The zero-order valence-electron chi connectivity index (χ0n) is 9.66. The van der Waals surface area contributed by atoms with Crippen LogP contribution in [-0.4, -0.2) is 11.7 Å². The maximum Gasteiger partial charge on any atom is 0.408 e. The summed E-state index contributed by atoms with van der Waals surface area (Å²) in [7, 11) is 0. The molecule has 0 aromatic heterocycles. The van der Waals surface area contributed by atoms with E-state index in [1.807, 2.05) is 51.1 Å². The van der Waals surface area contributed by atoms with Crippen molar-refractivity contribution < 1.29 is 9.53 Å². The molecule has 88 valence electrons. The van der Waals surface area contributed by atoms with E-state index < -0.39 is 11.7 Å². The molecule has 16 heavy (non-hydrogen) atoms. The first-order chi connectivity index (χ1) is 7.38. The second-order valence-corrected chi connectivity index (χ2v) is 5.34. The van der Waals surface area contributed by atoms with Crippen LogP contribution in [0.5, 0.6) is 0 Å². The molecule has 0 aliphatic rings. The number of alkyl halides is 1. The first-order valence-electron chi connectivity index (χ1n) is 5.07. The summed E-state index contributed by atoms with van der Waals surface area (Å²) in [5.74, 6) is 0. The molecular weight excluding hydrogens is 270 g/mol. The van der Waals surface area contributed by atoms with Gasteiger partial charge in [-0.3, -0.25) is 0 Å². The van der Waals surface area contributed by atoms with Gasteiger partial charge in [-0.15, -0.1) is 0 Å². The Labute approximate surface area is 104 Å². The van der Waals surface area contributed by atoms with Crippen LogP contribution in [-0.2, 0) is 4.74 Å². The second-order valence-electron chi connectivity index (χ2n) is 4.42. The molecule has 0 fully saturated rings. The summed E-state index contributed by atoms with van der Waals surface area (Å²) in [5.41, 5.74) is 0.501. The van der Waals surface area contributed by atoms with E-state index in [4.69, 9.17) is 4.74 Å². The molecule has 0 aliphatic heterocycles. The summed E-state index contributed by atoms with van der Waals surface area (Å²) in [6.45, 7) is 5.50. The lowest BCUT2D eigenvalue weighted by Gasteiger charge is -2.21. The lowest BCUT2D eigenvalue weighted by molar-refractivity contribution is 0.0523. The molecule has 1 rings (SSSR count). The number of hydrogen-bond acceptors (Lipinski definition) is 2. The standard InChI is InChI=1S/C12H16BrNO2/c1-12(2,3)16-11(15)14-10(13)9-7-5-4-6-8-9/h4-8,10H,1-3H3,(H,14,15). The van der Waals surface area contributed by atoms with Gasteiger partial charge in [0, 0.05) is 0 Å². The van der Waals surface area contributed by atoms with E-state index in [0.717, 1.165) is 5.56 Å². The molecule has 0 bridgehead atoms. The Balaban J connectivity index is 2.52. The summed E-state index contributed by atoms with van der Waals surface area (Å²) in [4.78, 5) is 11.2. The minimum atomic E-state index is -0.479. The minimum Gasteiger partial charge on any atom is -0.444 e. The van der Waals surface area contributed by atoms with Gasteiger partial charge in [0.25, 0.3) is 0 Å². The predicted octanol–water partition coefficient (Wildman–Crippen LogP) is 3.60. The van der Waals surface area contributed by atoms with Crippen molar-refractivity contribution in [3.63, 3.8) is 0 Å². The topological polar surface area (TPSA) is 38.3 Å². The van der Waals surface area contributed by atoms with Gasteiger partial charge in [-0.1, -0.05) is 46.3 Å². The average molecular weight is 286 g/mol. The van der Waals surface area contributed by atoms with Crippen LogP contribution < -0.4 is 5.32 Å². The van der Waals surface area contributed by atoms with Crippen molar-refractivity contribution in [3.8, 4) is 0 Å². The molecule has 1 atom stereocenters. The summed E-state index contributed by atoms with van der Waals surface area (Å²) < 4.78 is 5.15. The Bertz CT molecular complexity index is 346. The number of carbonyl (C=O) groups excluding carboxylic acids is 1. The first kappa shape index (κ1) is 13.0. The number of benzene rings is 1. The largest absolute Gasteiger partial charge is 0.444 e. The van der Waals surface area contributed by atoms with Crippen molar-refractivity contribution in [2.45, 2.75) is 31.3 Å². The van der Waals surface area contributed by atoms with Crippen LogP contribution in [0.2, 0.25) is 0 Å². The van der Waals surface area contributed by atoms with Crippen LogP contribution in [0, 0.1) is 0 Å². The number of ether oxygens (including phenoxy) is 1. The van der Waals surface area contributed by atoms with E-state index in [9.17, 15) is 4.79 Å². The summed E-state index contributed by atoms with van der Waals surface area (Å²) in [6, 6.07) is 9.62.